The van der Waals surface area contributed by atoms with Crippen LogP contribution >= 0.6 is 0 Å². The smallest absolute Gasteiger partial charge is 0.322 e. The summed E-state index contributed by atoms with van der Waals surface area (Å²) >= 11 is 0. The van der Waals surface area contributed by atoms with Gasteiger partial charge in [0, 0.05) is 37.2 Å². The van der Waals surface area contributed by atoms with Gasteiger partial charge in [-0.05, 0) is 86.0 Å². The Hall–Kier alpha value is -4.78. The van der Waals surface area contributed by atoms with Gasteiger partial charge in [-0.3, -0.25) is 0 Å². The molecular formula is C33H34N6O. The van der Waals surface area contributed by atoms with Crippen LogP contribution in [0.2, 0.25) is 0 Å². The van der Waals surface area contributed by atoms with Crippen molar-refractivity contribution >= 4 is 17.4 Å². The predicted octanol–water partition coefficient (Wildman–Crippen LogP) is 6.79. The van der Waals surface area contributed by atoms with Crippen LogP contribution in [-0.2, 0) is 6.54 Å². The van der Waals surface area contributed by atoms with Gasteiger partial charge >= 0.3 is 6.03 Å². The monoisotopic (exact) mass is 530 g/mol. The Morgan fingerprint density at radius 3 is 2.27 bits per heavy atom. The van der Waals surface area contributed by atoms with Gasteiger partial charge in [0.05, 0.1) is 29.7 Å². The molecule has 1 atom stereocenters. The molecule has 40 heavy (non-hydrogen) atoms. The van der Waals surface area contributed by atoms with Gasteiger partial charge in [0.25, 0.3) is 0 Å². The third-order valence-electron chi connectivity index (χ3n) is 7.55. The molecule has 0 unspecified atom stereocenters. The Morgan fingerprint density at radius 1 is 0.900 bits per heavy atom. The van der Waals surface area contributed by atoms with Crippen molar-refractivity contribution in [2.75, 3.05) is 24.3 Å². The van der Waals surface area contributed by atoms with E-state index in [1.807, 2.05) is 80.8 Å². The number of hydrogen-bond acceptors (Lipinski definition) is 3. The molecule has 1 aliphatic rings. The molecule has 7 heteroatoms. The fourth-order valence-electron chi connectivity index (χ4n) is 5.70. The molecule has 3 aromatic carbocycles. The number of urea groups is 1. The highest BCUT2D eigenvalue weighted by molar-refractivity contribution is 5.90. The molecule has 0 saturated carbocycles. The number of para-hydroxylation sites is 1. The van der Waals surface area contributed by atoms with E-state index in [0.717, 1.165) is 56.5 Å². The number of fused-ring (bicyclic) bond motifs is 3. The third kappa shape index (κ3) is 4.53. The lowest BCUT2D eigenvalue weighted by Gasteiger charge is -2.31. The first-order chi connectivity index (χ1) is 19.3. The topological polar surface area (TPSA) is 58.3 Å². The second-order valence-electron chi connectivity index (χ2n) is 10.8. The van der Waals surface area contributed by atoms with E-state index < -0.39 is 0 Å². The van der Waals surface area contributed by atoms with Crippen LogP contribution in [0.25, 0.3) is 11.5 Å². The average molecular weight is 531 g/mol. The van der Waals surface area contributed by atoms with Crippen molar-refractivity contribution in [3.8, 4) is 11.5 Å². The number of carbonyl (C=O) groups excluding carboxylic acids is 1. The van der Waals surface area contributed by atoms with Gasteiger partial charge in [0.15, 0.2) is 0 Å². The lowest BCUT2D eigenvalue weighted by atomic mass is 10.0. The van der Waals surface area contributed by atoms with Gasteiger partial charge in [-0.15, -0.1) is 0 Å². The highest BCUT2D eigenvalue weighted by atomic mass is 16.2. The maximum Gasteiger partial charge on any atom is 0.322 e. The first-order valence-electron chi connectivity index (χ1n) is 13.5. The maximum atomic E-state index is 14.2. The lowest BCUT2D eigenvalue weighted by molar-refractivity contribution is 0.194. The minimum absolute atomic E-state index is 0.154. The molecule has 0 fully saturated rings. The summed E-state index contributed by atoms with van der Waals surface area (Å²) in [5, 5.41) is 8.15. The number of nitrogens with one attached hydrogen (secondary N) is 1. The van der Waals surface area contributed by atoms with Crippen molar-refractivity contribution < 1.29 is 4.79 Å². The van der Waals surface area contributed by atoms with Crippen LogP contribution < -0.4 is 10.2 Å². The predicted molar refractivity (Wildman–Crippen MR) is 161 cm³/mol. The zero-order chi connectivity index (χ0) is 28.0. The summed E-state index contributed by atoms with van der Waals surface area (Å²) in [6, 6.07) is 28.4. The molecule has 0 bridgehead atoms. The third-order valence-corrected chi connectivity index (χ3v) is 7.55. The zero-order valence-corrected chi connectivity index (χ0v) is 23.6. The van der Waals surface area contributed by atoms with Gasteiger partial charge in [-0.1, -0.05) is 36.4 Å². The maximum absolute atomic E-state index is 14.2. The summed E-state index contributed by atoms with van der Waals surface area (Å²) in [6.07, 6.45) is 2.07. The van der Waals surface area contributed by atoms with Crippen LogP contribution in [0.15, 0.2) is 91.1 Å². The van der Waals surface area contributed by atoms with E-state index in [9.17, 15) is 4.79 Å². The van der Waals surface area contributed by atoms with Gasteiger partial charge in [-0.2, -0.15) is 5.10 Å². The second kappa shape index (κ2) is 10.1. The van der Waals surface area contributed by atoms with Crippen LogP contribution in [0.4, 0.5) is 16.2 Å². The molecule has 1 aliphatic heterocycles. The van der Waals surface area contributed by atoms with E-state index in [1.54, 1.807) is 0 Å². The van der Waals surface area contributed by atoms with Gasteiger partial charge in [-0.25, -0.2) is 9.48 Å². The van der Waals surface area contributed by atoms with Crippen LogP contribution in [0.5, 0.6) is 0 Å². The summed E-state index contributed by atoms with van der Waals surface area (Å²) < 4.78 is 4.18. The standard InChI is InChI=1S/C33H34N6O/c1-22-18-23(2)20-26(19-22)34-33(40)38-21-29-24(3)35-39(28-10-7-6-8-11-28)32(29)37-17-9-12-30(37)31(38)25-13-15-27(16-14-25)36(4)5/h6-20,31H,21H2,1-5H3,(H,34,40)/t31-/m1/s1. The van der Waals surface area contributed by atoms with Crippen molar-refractivity contribution in [3.05, 3.63) is 125 Å². The number of benzene rings is 3. The van der Waals surface area contributed by atoms with Crippen LogP contribution in [0.1, 0.15) is 39.7 Å². The molecule has 0 radical (unpaired) electrons. The second-order valence-corrected chi connectivity index (χ2v) is 10.8. The van der Waals surface area contributed by atoms with Crippen LogP contribution in [-0.4, -0.2) is 39.4 Å². The first-order valence-corrected chi connectivity index (χ1v) is 13.5. The number of rotatable bonds is 4. The van der Waals surface area contributed by atoms with Crippen molar-refractivity contribution in [2.45, 2.75) is 33.4 Å². The van der Waals surface area contributed by atoms with Gasteiger partial charge in [0.2, 0.25) is 0 Å². The van der Waals surface area contributed by atoms with E-state index in [1.165, 1.54) is 0 Å². The summed E-state index contributed by atoms with van der Waals surface area (Å²) in [4.78, 5) is 18.2. The van der Waals surface area contributed by atoms with Crippen LogP contribution in [0.3, 0.4) is 0 Å². The van der Waals surface area contributed by atoms with Gasteiger partial charge in [0.1, 0.15) is 5.82 Å². The lowest BCUT2D eigenvalue weighted by Crippen LogP contribution is -2.38. The Labute approximate surface area is 235 Å². The number of nitrogens with zero attached hydrogens (tertiary/aromatic N) is 5. The molecule has 5 aromatic rings. The number of aromatic nitrogens is 3. The van der Waals surface area contributed by atoms with Crippen LogP contribution in [0, 0.1) is 20.8 Å². The Morgan fingerprint density at radius 2 is 1.60 bits per heavy atom. The fraction of sp³-hybridized carbons (Fsp3) is 0.212. The summed E-state index contributed by atoms with van der Waals surface area (Å²) in [5.41, 5.74) is 9.06. The molecule has 2 amide bonds. The molecule has 0 spiro atoms. The molecule has 0 aliphatic carbocycles. The zero-order valence-electron chi connectivity index (χ0n) is 23.6. The number of amides is 2. The quantitative estimate of drug-likeness (QED) is 0.278. The van der Waals surface area contributed by atoms with E-state index in [0.29, 0.717) is 6.54 Å². The largest absolute Gasteiger partial charge is 0.378 e. The molecule has 2 aromatic heterocycles. The Bertz CT molecular complexity index is 1660. The first kappa shape index (κ1) is 25.5. The molecule has 202 valence electrons. The minimum atomic E-state index is -0.312. The van der Waals surface area contributed by atoms with E-state index in [2.05, 4.69) is 69.5 Å². The van der Waals surface area contributed by atoms with Crippen molar-refractivity contribution in [1.82, 2.24) is 19.2 Å². The fourth-order valence-corrected chi connectivity index (χ4v) is 5.70. The average Bonchev–Trinajstić information content (AvgIpc) is 3.49. The number of aryl methyl sites for hydroxylation is 3. The van der Waals surface area contributed by atoms with Gasteiger partial charge < -0.3 is 19.7 Å². The Kier molecular flexibility index (Phi) is 6.42. The molecule has 3 heterocycles. The minimum Gasteiger partial charge on any atom is -0.378 e. The highest BCUT2D eigenvalue weighted by Crippen LogP contribution is 2.39. The highest BCUT2D eigenvalue weighted by Gasteiger charge is 2.36. The van der Waals surface area contributed by atoms with E-state index in [4.69, 9.17) is 5.10 Å². The molecule has 7 nitrogen and oxygen atoms in total. The number of carbonyl (C=O) groups is 1. The van der Waals surface area contributed by atoms with E-state index >= 15 is 0 Å². The molecule has 1 N–H and O–H groups in total. The SMILES string of the molecule is Cc1cc(C)cc(NC(=O)N2Cc3c(C)nn(-c4ccccc4)c3-n3cccc3[C@H]2c2ccc(N(C)C)cc2)c1. The van der Waals surface area contributed by atoms with Crippen molar-refractivity contribution in [2.24, 2.45) is 0 Å². The molecule has 0 saturated heterocycles. The van der Waals surface area contributed by atoms with Crippen molar-refractivity contribution in [1.29, 1.82) is 0 Å². The normalized spacial score (nSPS) is 14.3. The molecule has 6 rings (SSSR count). The number of hydrogen-bond donors (Lipinski definition) is 1. The van der Waals surface area contributed by atoms with E-state index in [-0.39, 0.29) is 12.1 Å². The summed E-state index contributed by atoms with van der Waals surface area (Å²) in [7, 11) is 4.06. The molecular weight excluding hydrogens is 496 g/mol. The van der Waals surface area contributed by atoms with Crippen molar-refractivity contribution in [3.63, 3.8) is 0 Å². The Balaban J connectivity index is 1.52. The number of anilines is 2. The summed E-state index contributed by atoms with van der Waals surface area (Å²) in [5.74, 6) is 0.959. The summed E-state index contributed by atoms with van der Waals surface area (Å²) in [6.45, 7) is 6.52.